The molecule has 0 saturated carbocycles. The number of hydrogen-bond acceptors (Lipinski definition) is 7. The van der Waals surface area contributed by atoms with Gasteiger partial charge in [0.15, 0.2) is 11.5 Å². The first-order chi connectivity index (χ1) is 19.2. The Kier molecular flexibility index (Phi) is 8.04. The molecular weight excluding hydrogens is 535 g/mol. The van der Waals surface area contributed by atoms with Crippen LogP contribution in [-0.2, 0) is 19.7 Å². The van der Waals surface area contributed by atoms with Crippen LogP contribution in [0.2, 0.25) is 0 Å². The molecule has 9 nitrogen and oxygen atoms in total. The highest BCUT2D eigenvalue weighted by Crippen LogP contribution is 2.49. The lowest BCUT2D eigenvalue weighted by Gasteiger charge is -2.24. The van der Waals surface area contributed by atoms with E-state index < -0.39 is 5.41 Å². The van der Waals surface area contributed by atoms with E-state index in [1.807, 2.05) is 18.2 Å². The molecule has 0 bridgehead atoms. The molecular formula is C29H33FN4O5S. The molecule has 40 heavy (non-hydrogen) atoms. The summed E-state index contributed by atoms with van der Waals surface area (Å²) in [4.78, 5) is 28.3. The first-order valence-electron chi connectivity index (χ1n) is 13.1. The van der Waals surface area contributed by atoms with Crippen LogP contribution < -0.4 is 19.7 Å². The Morgan fingerprint density at radius 3 is 2.65 bits per heavy atom. The van der Waals surface area contributed by atoms with Crippen molar-refractivity contribution in [3.05, 3.63) is 65.1 Å². The van der Waals surface area contributed by atoms with E-state index >= 15 is 0 Å². The maximum Gasteiger partial charge on any atom is 0.240 e. The van der Waals surface area contributed by atoms with Crippen molar-refractivity contribution < 1.29 is 28.2 Å². The van der Waals surface area contributed by atoms with Gasteiger partial charge in [-0.05, 0) is 48.4 Å². The molecule has 2 amide bonds. The standard InChI is InChI=1S/C29H33FN4O5S/c1-29(2,3)27-25-26(18-6-11-21-22(14-18)39-17-38-21)40-16-24(36)33(15-23(35)31-12-5-13-37-4)28(25)34(32-27)20-9-7-19(30)8-10-20/h6-11,14,26H,5,12-13,15-17H2,1-4H3,(H,31,35). The SMILES string of the molecule is COCCCNC(=O)CN1C(=O)CSC(c2ccc3c(c2)OCO3)c2c(C(C)(C)C)nn(-c3ccc(F)cc3)c21. The number of rotatable bonds is 8. The zero-order valence-electron chi connectivity index (χ0n) is 23.0. The van der Waals surface area contributed by atoms with Crippen LogP contribution in [0, 0.1) is 5.82 Å². The van der Waals surface area contributed by atoms with Gasteiger partial charge in [0.1, 0.15) is 18.2 Å². The number of ether oxygens (including phenoxy) is 3. The Balaban J connectivity index is 1.66. The van der Waals surface area contributed by atoms with Gasteiger partial charge >= 0.3 is 0 Å². The van der Waals surface area contributed by atoms with Gasteiger partial charge in [-0.3, -0.25) is 14.5 Å². The smallest absolute Gasteiger partial charge is 0.240 e. The Labute approximate surface area is 237 Å². The van der Waals surface area contributed by atoms with Crippen molar-refractivity contribution in [2.24, 2.45) is 0 Å². The van der Waals surface area contributed by atoms with Crippen LogP contribution in [-0.4, -0.2) is 60.9 Å². The number of thioether (sulfide) groups is 1. The van der Waals surface area contributed by atoms with E-state index in [4.69, 9.17) is 19.3 Å². The molecule has 0 aliphatic carbocycles. The fraction of sp³-hybridized carbons (Fsp3) is 0.414. The van der Waals surface area contributed by atoms with E-state index in [0.717, 1.165) is 16.8 Å². The number of carbonyl (C=O) groups excluding carboxylic acids is 2. The minimum Gasteiger partial charge on any atom is -0.454 e. The Morgan fingerprint density at radius 2 is 1.93 bits per heavy atom. The van der Waals surface area contributed by atoms with Crippen LogP contribution in [0.4, 0.5) is 10.2 Å². The number of halogens is 1. The van der Waals surface area contributed by atoms with Crippen molar-refractivity contribution in [1.29, 1.82) is 0 Å². The van der Waals surface area contributed by atoms with Gasteiger partial charge in [-0.1, -0.05) is 26.8 Å². The highest BCUT2D eigenvalue weighted by atomic mass is 32.2. The molecule has 5 rings (SSSR count). The van der Waals surface area contributed by atoms with Gasteiger partial charge in [0, 0.05) is 31.2 Å². The Hall–Kier alpha value is -3.57. The van der Waals surface area contributed by atoms with Crippen LogP contribution in [0.3, 0.4) is 0 Å². The van der Waals surface area contributed by atoms with Crippen molar-refractivity contribution in [3.8, 4) is 17.2 Å². The Bertz CT molecular complexity index is 1400. The molecule has 212 valence electrons. The number of fused-ring (bicyclic) bond motifs is 2. The number of nitrogens with zero attached hydrogens (tertiary/aromatic N) is 3. The normalized spacial score (nSPS) is 16.6. The second-order valence-electron chi connectivity index (χ2n) is 10.7. The molecule has 0 saturated heterocycles. The average molecular weight is 569 g/mol. The summed E-state index contributed by atoms with van der Waals surface area (Å²) in [6.45, 7) is 7.11. The molecule has 1 aromatic heterocycles. The van der Waals surface area contributed by atoms with Crippen molar-refractivity contribution in [1.82, 2.24) is 15.1 Å². The summed E-state index contributed by atoms with van der Waals surface area (Å²) in [5.74, 6) is 1.08. The van der Waals surface area contributed by atoms with Crippen molar-refractivity contribution in [3.63, 3.8) is 0 Å². The lowest BCUT2D eigenvalue weighted by atomic mass is 9.87. The van der Waals surface area contributed by atoms with E-state index in [9.17, 15) is 14.0 Å². The van der Waals surface area contributed by atoms with Crippen molar-refractivity contribution >= 4 is 29.4 Å². The molecule has 0 fully saturated rings. The number of methoxy groups -OCH3 is 1. The highest BCUT2D eigenvalue weighted by Gasteiger charge is 2.40. The van der Waals surface area contributed by atoms with E-state index in [1.54, 1.807) is 23.9 Å². The van der Waals surface area contributed by atoms with Crippen LogP contribution in [0.15, 0.2) is 42.5 Å². The van der Waals surface area contributed by atoms with Crippen molar-refractivity contribution in [2.75, 3.05) is 44.3 Å². The van der Waals surface area contributed by atoms with Crippen LogP contribution in [0.25, 0.3) is 5.69 Å². The molecule has 2 aliphatic rings. The first kappa shape index (κ1) is 28.0. The van der Waals surface area contributed by atoms with E-state index in [1.165, 1.54) is 28.8 Å². The average Bonchev–Trinajstić information content (AvgIpc) is 3.52. The molecule has 1 atom stereocenters. The fourth-order valence-electron chi connectivity index (χ4n) is 4.82. The number of anilines is 1. The zero-order chi connectivity index (χ0) is 28.4. The predicted molar refractivity (Wildman–Crippen MR) is 151 cm³/mol. The molecule has 1 N–H and O–H groups in total. The summed E-state index contributed by atoms with van der Waals surface area (Å²) in [6.07, 6.45) is 0.658. The predicted octanol–water partition coefficient (Wildman–Crippen LogP) is 4.36. The number of nitrogens with one attached hydrogen (secondary N) is 1. The highest BCUT2D eigenvalue weighted by molar-refractivity contribution is 8.00. The topological polar surface area (TPSA) is 94.9 Å². The lowest BCUT2D eigenvalue weighted by molar-refractivity contribution is -0.122. The largest absolute Gasteiger partial charge is 0.454 e. The number of hydrogen-bond donors (Lipinski definition) is 1. The van der Waals surface area contributed by atoms with Gasteiger partial charge in [0.05, 0.1) is 22.4 Å². The number of amides is 2. The maximum atomic E-state index is 13.9. The van der Waals surface area contributed by atoms with E-state index in [-0.39, 0.29) is 42.0 Å². The zero-order valence-corrected chi connectivity index (χ0v) is 23.8. The number of benzene rings is 2. The third-order valence-electron chi connectivity index (χ3n) is 6.72. The van der Waals surface area contributed by atoms with Crippen LogP contribution in [0.1, 0.15) is 49.3 Å². The summed E-state index contributed by atoms with van der Waals surface area (Å²) in [5.41, 5.74) is 2.72. The summed E-state index contributed by atoms with van der Waals surface area (Å²) < 4.78 is 31.8. The number of aromatic nitrogens is 2. The van der Waals surface area contributed by atoms with Gasteiger partial charge < -0.3 is 19.5 Å². The molecule has 2 aliphatic heterocycles. The first-order valence-corrected chi connectivity index (χ1v) is 14.2. The lowest BCUT2D eigenvalue weighted by Crippen LogP contribution is -2.42. The summed E-state index contributed by atoms with van der Waals surface area (Å²) in [7, 11) is 1.61. The summed E-state index contributed by atoms with van der Waals surface area (Å²) in [6, 6.07) is 11.7. The Morgan fingerprint density at radius 1 is 1.18 bits per heavy atom. The van der Waals surface area contributed by atoms with E-state index in [2.05, 4.69) is 26.1 Å². The van der Waals surface area contributed by atoms with Crippen molar-refractivity contribution in [2.45, 2.75) is 37.9 Å². The monoisotopic (exact) mass is 568 g/mol. The molecule has 3 heterocycles. The minimum absolute atomic E-state index is 0.151. The van der Waals surface area contributed by atoms with Gasteiger partial charge in [0.2, 0.25) is 18.6 Å². The molecule has 11 heteroatoms. The third-order valence-corrected chi connectivity index (χ3v) is 7.97. The van der Waals surface area contributed by atoms with Gasteiger partial charge in [-0.2, -0.15) is 5.10 Å². The number of carbonyl (C=O) groups is 2. The quantitative estimate of drug-likeness (QED) is 0.404. The molecule has 1 unspecified atom stereocenters. The summed E-state index contributed by atoms with van der Waals surface area (Å²) >= 11 is 1.48. The molecule has 0 spiro atoms. The fourth-order valence-corrected chi connectivity index (χ4v) is 6.01. The van der Waals surface area contributed by atoms with E-state index in [0.29, 0.717) is 42.6 Å². The molecule has 2 aromatic carbocycles. The third kappa shape index (κ3) is 5.66. The van der Waals surface area contributed by atoms with Crippen LogP contribution >= 0.6 is 11.8 Å². The minimum atomic E-state index is -0.411. The van der Waals surface area contributed by atoms with Gasteiger partial charge in [-0.15, -0.1) is 11.8 Å². The maximum absolute atomic E-state index is 13.9. The molecule has 0 radical (unpaired) electrons. The second kappa shape index (κ2) is 11.5. The van der Waals surface area contributed by atoms with Crippen LogP contribution in [0.5, 0.6) is 11.5 Å². The van der Waals surface area contributed by atoms with Gasteiger partial charge in [0.25, 0.3) is 0 Å². The molecule has 3 aromatic rings. The van der Waals surface area contributed by atoms with Gasteiger partial charge in [-0.25, -0.2) is 9.07 Å². The second-order valence-corrected chi connectivity index (χ2v) is 11.8. The summed E-state index contributed by atoms with van der Waals surface area (Å²) in [5, 5.41) is 7.61.